The molecule has 35 heteroatoms. The minimum Gasteiger partial charge on any atom is -0.444 e. The molecular weight excluding hydrogens is 1550 g/mol. The average Bonchev–Trinajstić information content (AvgIpc) is 0.804. The zero-order valence-corrected chi connectivity index (χ0v) is 66.4. The van der Waals surface area contributed by atoms with Gasteiger partial charge >= 0.3 is 18.3 Å². The summed E-state index contributed by atoms with van der Waals surface area (Å²) in [5, 5.41) is 0. The Morgan fingerprint density at radius 3 is 0.925 bits per heavy atom. The molecule has 4 saturated heterocycles. The van der Waals surface area contributed by atoms with Crippen molar-refractivity contribution in [3.63, 3.8) is 0 Å². The summed E-state index contributed by atoms with van der Waals surface area (Å²) in [6, 6.07) is 21.6. The van der Waals surface area contributed by atoms with Gasteiger partial charge in [0, 0.05) is 131 Å². The van der Waals surface area contributed by atoms with Crippen LogP contribution >= 0.6 is 52.7 Å². The summed E-state index contributed by atoms with van der Waals surface area (Å²) >= 11 is 8.76. The molecule has 0 bridgehead atoms. The summed E-state index contributed by atoms with van der Waals surface area (Å²) in [6.07, 6.45) is 14.6. The third-order valence-corrected chi connectivity index (χ3v) is 20.6. The zero-order chi connectivity index (χ0) is 77.0. The molecule has 576 valence electrons. The highest BCUT2D eigenvalue weighted by Gasteiger charge is 2.31. The highest BCUT2D eigenvalue weighted by atomic mass is 79.9. The number of aromatic nitrogens is 8. The fourth-order valence-electron chi connectivity index (χ4n) is 10.1. The Balaban J connectivity index is 0.000000193. The van der Waals surface area contributed by atoms with Gasteiger partial charge in [0.25, 0.3) is 0 Å². The molecule has 4 aliphatic rings. The number of halogens is 6. The van der Waals surface area contributed by atoms with Gasteiger partial charge in [-0.15, -0.1) is 25.0 Å². The zero-order valence-electron chi connectivity index (χ0n) is 60.6. The number of hydrogen-bond donors (Lipinski definition) is 1. The molecule has 107 heavy (non-hydrogen) atoms. The molecule has 4 aromatic heterocycles. The van der Waals surface area contributed by atoms with Crippen LogP contribution in [0.4, 0.5) is 55.7 Å². The Bertz CT molecular complexity index is 4350. The normalized spacial score (nSPS) is 14.9. The number of piperazine rings is 3. The van der Waals surface area contributed by atoms with Crippen molar-refractivity contribution in [1.82, 2.24) is 54.6 Å². The van der Waals surface area contributed by atoms with Crippen LogP contribution in [-0.4, -0.2) is 198 Å². The number of benzene rings is 4. The van der Waals surface area contributed by atoms with Crippen molar-refractivity contribution in [2.45, 2.75) is 133 Å². The number of carbonyl (C=O) groups excluding carboxylic acids is 3. The van der Waals surface area contributed by atoms with Gasteiger partial charge in [-0.1, -0.05) is 11.8 Å². The maximum Gasteiger partial charge on any atom is 0.410 e. The van der Waals surface area contributed by atoms with E-state index in [1.165, 1.54) is 91.5 Å². The van der Waals surface area contributed by atoms with Crippen molar-refractivity contribution >= 4 is 114 Å². The molecule has 4 fully saturated rings. The number of hydrogen-bond acceptors (Lipinski definition) is 24. The largest absolute Gasteiger partial charge is 0.444 e. The van der Waals surface area contributed by atoms with Crippen molar-refractivity contribution < 1.29 is 63.0 Å². The van der Waals surface area contributed by atoms with E-state index in [0.29, 0.717) is 102 Å². The van der Waals surface area contributed by atoms with Crippen LogP contribution in [0.25, 0.3) is 0 Å². The molecule has 0 spiro atoms. The number of carbonyl (C=O) groups is 3. The number of amides is 3. The Hall–Kier alpha value is -8.70. The lowest BCUT2D eigenvalue weighted by molar-refractivity contribution is 0.0229. The molecule has 4 aromatic carbocycles. The Morgan fingerprint density at radius 2 is 0.636 bits per heavy atom. The Labute approximate surface area is 646 Å². The van der Waals surface area contributed by atoms with Crippen LogP contribution in [0, 0.1) is 23.3 Å². The van der Waals surface area contributed by atoms with Gasteiger partial charge in [0.05, 0.1) is 39.1 Å². The molecule has 0 aliphatic carbocycles. The lowest BCUT2D eigenvalue weighted by atomic mass is 10.1. The topological polar surface area (TPSA) is 273 Å². The van der Waals surface area contributed by atoms with Crippen LogP contribution in [0.1, 0.15) is 81.6 Å². The van der Waals surface area contributed by atoms with Crippen molar-refractivity contribution in [2.24, 2.45) is 0 Å². The lowest BCUT2D eigenvalue weighted by Crippen LogP contribution is -2.50. The predicted octanol–water partition coefficient (Wildman–Crippen LogP) is 13.6. The van der Waals surface area contributed by atoms with Gasteiger partial charge in [0.15, 0.2) is 0 Å². The highest BCUT2D eigenvalue weighted by Crippen LogP contribution is 2.29. The minimum absolute atomic E-state index is 0. The second kappa shape index (κ2) is 38.9. The van der Waals surface area contributed by atoms with Gasteiger partial charge in [0.1, 0.15) is 49.9 Å². The third kappa shape index (κ3) is 27.2. The first kappa shape index (κ1) is 85.5. The quantitative estimate of drug-likeness (QED) is 0.0576. The van der Waals surface area contributed by atoms with E-state index in [0.717, 1.165) is 69.4 Å². The molecule has 0 N–H and O–H groups in total. The van der Waals surface area contributed by atoms with Crippen LogP contribution in [-0.2, 0) is 33.9 Å². The van der Waals surface area contributed by atoms with E-state index in [4.69, 9.17) is 14.2 Å². The third-order valence-electron chi connectivity index (χ3n) is 15.5. The van der Waals surface area contributed by atoms with E-state index in [1.807, 2.05) is 72.1 Å². The van der Waals surface area contributed by atoms with E-state index >= 15 is 0 Å². The number of nitrogens with zero attached hydrogens (tertiary/aromatic N) is 15. The van der Waals surface area contributed by atoms with Gasteiger partial charge in [-0.05, 0) is 195 Å². The van der Waals surface area contributed by atoms with Crippen LogP contribution in [0.5, 0.6) is 0 Å². The second-order valence-electron chi connectivity index (χ2n) is 27.2. The van der Waals surface area contributed by atoms with E-state index in [1.54, 1.807) is 63.8 Å². The van der Waals surface area contributed by atoms with Crippen molar-refractivity contribution in [1.29, 1.82) is 0 Å². The summed E-state index contributed by atoms with van der Waals surface area (Å²) in [4.78, 5) is 85.9. The maximum atomic E-state index is 13.0. The van der Waals surface area contributed by atoms with Crippen LogP contribution in [0.3, 0.4) is 0 Å². The number of anilines is 4. The van der Waals surface area contributed by atoms with Crippen molar-refractivity contribution in [2.75, 3.05) is 111 Å². The summed E-state index contributed by atoms with van der Waals surface area (Å²) < 4.78 is 118. The Morgan fingerprint density at radius 1 is 0.374 bits per heavy atom. The predicted molar refractivity (Wildman–Crippen MR) is 407 cm³/mol. The fraction of sp³-hybridized carbons (Fsp3) is 0.403. The number of rotatable bonds is 10. The first-order valence-electron chi connectivity index (χ1n) is 33.8. The first-order chi connectivity index (χ1) is 50.1. The SMILES string of the molecule is CC(C)(C)OC(=O)N1CCN(c2ncc(Br)cn2)CC1.CC(C)(C)OC(=O)N1CCN(c2ncc(S(=O)(=O)c3ccc(F)cc3)cn2)CC1.CC(C)(C)OC(=O)N1CCN(c2ncc(Sc3ccc(F)cc3)cn2)CC1.Cl.Fc1ccc(S)cc1.O=S(=O)(c1ccc(F)cc1)c1cnc(N2CCCCC2)nc1. The average molecular weight is 1640 g/mol. The van der Waals surface area contributed by atoms with Gasteiger partial charge in [-0.2, -0.15) is 0 Å². The molecule has 4 aliphatic heterocycles. The van der Waals surface area contributed by atoms with E-state index < -0.39 is 48.1 Å². The summed E-state index contributed by atoms with van der Waals surface area (Å²) in [5.41, 5.74) is -1.50. The van der Waals surface area contributed by atoms with E-state index in [-0.39, 0.29) is 61.9 Å². The van der Waals surface area contributed by atoms with Gasteiger partial charge < -0.3 is 48.5 Å². The van der Waals surface area contributed by atoms with Crippen LogP contribution < -0.4 is 19.6 Å². The van der Waals surface area contributed by atoms with Gasteiger partial charge in [-0.25, -0.2) is 88.7 Å². The van der Waals surface area contributed by atoms with Gasteiger partial charge in [-0.3, -0.25) is 0 Å². The lowest BCUT2D eigenvalue weighted by Gasteiger charge is -2.35. The molecule has 8 aromatic rings. The summed E-state index contributed by atoms with van der Waals surface area (Å²) in [5.74, 6) is 0.806. The monoisotopic (exact) mass is 1640 g/mol. The molecule has 12 rings (SSSR count). The van der Waals surface area contributed by atoms with E-state index in [2.05, 4.69) is 78.2 Å². The van der Waals surface area contributed by atoms with Crippen molar-refractivity contribution in [3.05, 3.63) is 174 Å². The minimum atomic E-state index is -3.82. The Kier molecular flexibility index (Phi) is 31.1. The standard InChI is InChI=1S/C19H23FN4O4S.C19H23FN4O2S.C15H16FN3O2S.C13H19BrN4O2.C6H5FS.ClH/c1-19(2,3)28-18(25)24-10-8-23(9-11-24)17-21-12-16(13-22-17)29(26,27)15-6-4-14(20)5-7-15;1-19(2,3)26-18(25)24-10-8-23(9-11-24)17-21-12-16(13-22-17)27-15-6-4-14(20)5-7-15;16-12-4-6-13(7-5-12)22(20,21)14-10-17-15(18-11-14)19-8-2-1-3-9-19;1-13(2,3)20-12(19)18-6-4-17(5-7-18)11-15-8-10(14)9-16-11;7-5-1-3-6(8)4-2-5;/h4-7,12-13H,8-11H2,1-3H3;4-7,12-13H,8-11H2,1-3H3;4-7,10-11H,1-3,8-9H2;8-9H,4-7H2,1-3H3;1-4,8H;1H. The first-order valence-corrected chi connectivity index (χ1v) is 38.9. The summed E-state index contributed by atoms with van der Waals surface area (Å²) in [7, 11) is -7.53. The molecule has 25 nitrogen and oxygen atoms in total. The number of piperidine rings is 1. The molecule has 0 radical (unpaired) electrons. The smallest absolute Gasteiger partial charge is 0.410 e. The van der Waals surface area contributed by atoms with Crippen molar-refractivity contribution in [3.8, 4) is 0 Å². The van der Waals surface area contributed by atoms with E-state index in [9.17, 15) is 48.8 Å². The second-order valence-corrected chi connectivity index (χ2v) is 33.7. The van der Waals surface area contributed by atoms with Gasteiger partial charge in [0.2, 0.25) is 43.5 Å². The van der Waals surface area contributed by atoms with Crippen LogP contribution in [0.2, 0.25) is 0 Å². The maximum absolute atomic E-state index is 13.0. The highest BCUT2D eigenvalue weighted by molar-refractivity contribution is 9.10. The molecule has 0 saturated carbocycles. The molecule has 3 amide bonds. The number of ether oxygens (including phenoxy) is 3. The van der Waals surface area contributed by atoms with Crippen LogP contribution in [0.15, 0.2) is 185 Å². The number of sulfone groups is 2. The molecule has 0 atom stereocenters. The fourth-order valence-corrected chi connectivity index (χ4v) is 13.5. The molecule has 8 heterocycles. The molecule has 0 unspecified atom stereocenters. The number of thiol groups is 1. The molecular formula is C72H87BrClF4N15O10S4. The summed E-state index contributed by atoms with van der Waals surface area (Å²) in [6.45, 7) is 25.5.